The highest BCUT2D eigenvalue weighted by Crippen LogP contribution is 2.20. The van der Waals surface area contributed by atoms with Gasteiger partial charge in [-0.05, 0) is 34.5 Å². The van der Waals surface area contributed by atoms with Crippen LogP contribution in [-0.2, 0) is 8.85 Å². The van der Waals surface area contributed by atoms with Crippen molar-refractivity contribution in [2.75, 3.05) is 14.2 Å². The van der Waals surface area contributed by atoms with Gasteiger partial charge in [-0.15, -0.1) is 0 Å². The van der Waals surface area contributed by atoms with E-state index in [0.29, 0.717) is 0 Å². The van der Waals surface area contributed by atoms with Gasteiger partial charge >= 0.3 is 8.56 Å². The van der Waals surface area contributed by atoms with Crippen LogP contribution >= 0.6 is 0 Å². The van der Waals surface area contributed by atoms with E-state index < -0.39 is 8.56 Å². The van der Waals surface area contributed by atoms with Gasteiger partial charge in [-0.25, -0.2) is 4.39 Å². The largest absolute Gasteiger partial charge is 0.394 e. The predicted molar refractivity (Wildman–Crippen MR) is 81.7 cm³/mol. The van der Waals surface area contributed by atoms with Gasteiger partial charge in [-0.3, -0.25) is 0 Å². The molecule has 0 heterocycles. The van der Waals surface area contributed by atoms with Gasteiger partial charge in [0, 0.05) is 14.2 Å². The average Bonchev–Trinajstić information content (AvgIpc) is 2.51. The lowest BCUT2D eigenvalue weighted by Gasteiger charge is -2.26. The highest BCUT2D eigenvalue weighted by Gasteiger charge is 2.35. The Labute approximate surface area is 120 Å². The Bertz CT molecular complexity index is 539. The number of rotatable bonds is 5. The minimum atomic E-state index is -2.29. The molecule has 0 saturated heterocycles. The smallest absolute Gasteiger partial charge is 0.371 e. The van der Waals surface area contributed by atoms with E-state index in [1.54, 1.807) is 26.4 Å². The fourth-order valence-corrected chi connectivity index (χ4v) is 4.67. The molecule has 2 aromatic carbocycles. The zero-order chi connectivity index (χ0) is 14.6. The predicted octanol–water partition coefficient (Wildman–Crippen LogP) is 3.45. The van der Waals surface area contributed by atoms with Gasteiger partial charge in [0.15, 0.2) is 0 Å². The van der Waals surface area contributed by atoms with Crippen LogP contribution in [0.5, 0.6) is 0 Å². The molecule has 0 bridgehead atoms. The maximum atomic E-state index is 12.9. The van der Waals surface area contributed by atoms with Crippen LogP contribution in [0.2, 0.25) is 6.04 Å². The number of benzene rings is 2. The molecule has 20 heavy (non-hydrogen) atoms. The molecule has 0 aromatic heterocycles. The summed E-state index contributed by atoms with van der Waals surface area (Å²) in [4.78, 5) is 0. The first-order valence-corrected chi connectivity index (χ1v) is 8.64. The molecule has 0 fully saturated rings. The summed E-state index contributed by atoms with van der Waals surface area (Å²) in [6.07, 6.45) is 0. The van der Waals surface area contributed by atoms with Crippen LogP contribution in [0.4, 0.5) is 4.39 Å². The topological polar surface area (TPSA) is 18.5 Å². The lowest BCUT2D eigenvalue weighted by atomic mass is 10.1. The zero-order valence-corrected chi connectivity index (χ0v) is 13.0. The van der Waals surface area contributed by atoms with Crippen LogP contribution in [0.1, 0.15) is 6.92 Å². The molecule has 0 aliphatic carbocycles. The number of hydrogen-bond donors (Lipinski definition) is 0. The molecular weight excluding hydrogens is 271 g/mol. The highest BCUT2D eigenvalue weighted by atomic mass is 28.4. The quantitative estimate of drug-likeness (QED) is 0.785. The van der Waals surface area contributed by atoms with Crippen molar-refractivity contribution in [2.24, 2.45) is 0 Å². The summed E-state index contributed by atoms with van der Waals surface area (Å²) in [5.74, 6) is -0.221. The maximum absolute atomic E-state index is 12.9. The fourth-order valence-electron chi connectivity index (χ4n) is 2.37. The van der Waals surface area contributed by atoms with Crippen molar-refractivity contribution in [3.63, 3.8) is 0 Å². The van der Waals surface area contributed by atoms with Gasteiger partial charge in [-0.2, -0.15) is 0 Å². The van der Waals surface area contributed by atoms with Crippen molar-refractivity contribution >= 4 is 13.7 Å². The summed E-state index contributed by atoms with van der Waals surface area (Å²) < 4.78 is 24.2. The Hall–Kier alpha value is -1.49. The highest BCUT2D eigenvalue weighted by molar-refractivity contribution is 6.81. The molecule has 0 saturated carbocycles. The van der Waals surface area contributed by atoms with Gasteiger partial charge in [0.25, 0.3) is 0 Å². The first-order valence-electron chi connectivity index (χ1n) is 6.62. The SMILES string of the molecule is CC[Si](OC)(OC)c1ccc(-c2ccc(F)cc2)cc1. The van der Waals surface area contributed by atoms with Crippen molar-refractivity contribution in [1.82, 2.24) is 0 Å². The standard InChI is InChI=1S/C16H19FO2Si/c1-4-20(18-2,19-3)16-11-7-14(8-12-16)13-5-9-15(17)10-6-13/h5-12H,4H2,1-3H3. The monoisotopic (exact) mass is 290 g/mol. The fraction of sp³-hybridized carbons (Fsp3) is 0.250. The molecule has 4 heteroatoms. The van der Waals surface area contributed by atoms with Crippen LogP contribution in [0.25, 0.3) is 11.1 Å². The van der Waals surface area contributed by atoms with Crippen LogP contribution in [0.3, 0.4) is 0 Å². The van der Waals surface area contributed by atoms with Crippen molar-refractivity contribution < 1.29 is 13.2 Å². The second-order valence-corrected chi connectivity index (χ2v) is 8.21. The van der Waals surface area contributed by atoms with E-state index in [0.717, 1.165) is 22.4 Å². The van der Waals surface area contributed by atoms with Crippen molar-refractivity contribution in [3.8, 4) is 11.1 Å². The van der Waals surface area contributed by atoms with Crippen LogP contribution in [0, 0.1) is 5.82 Å². The van der Waals surface area contributed by atoms with Gasteiger partial charge in [0.2, 0.25) is 0 Å². The summed E-state index contributed by atoms with van der Waals surface area (Å²) in [5, 5.41) is 1.11. The Kier molecular flexibility index (Phi) is 4.70. The van der Waals surface area contributed by atoms with Gasteiger partial charge in [0.05, 0.1) is 0 Å². The lowest BCUT2D eigenvalue weighted by Crippen LogP contribution is -2.51. The van der Waals surface area contributed by atoms with Crippen molar-refractivity contribution in [3.05, 3.63) is 54.3 Å². The molecule has 0 amide bonds. The molecule has 0 aliphatic heterocycles. The van der Waals surface area contributed by atoms with E-state index in [-0.39, 0.29) is 5.82 Å². The molecule has 2 aromatic rings. The summed E-state index contributed by atoms with van der Waals surface area (Å²) in [6, 6.07) is 15.5. The molecule has 106 valence electrons. The molecule has 2 rings (SSSR count). The van der Waals surface area contributed by atoms with Gasteiger partial charge in [-0.1, -0.05) is 43.3 Å². The average molecular weight is 290 g/mol. The van der Waals surface area contributed by atoms with Crippen LogP contribution in [-0.4, -0.2) is 22.8 Å². The first-order chi connectivity index (χ1) is 9.65. The zero-order valence-electron chi connectivity index (χ0n) is 12.0. The Morgan fingerprint density at radius 1 is 0.850 bits per heavy atom. The van der Waals surface area contributed by atoms with Crippen molar-refractivity contribution in [1.29, 1.82) is 0 Å². The van der Waals surface area contributed by atoms with Crippen molar-refractivity contribution in [2.45, 2.75) is 13.0 Å². The van der Waals surface area contributed by atoms with Gasteiger partial charge in [0.1, 0.15) is 5.82 Å². The summed E-state index contributed by atoms with van der Waals surface area (Å²) in [7, 11) is 1.12. The first kappa shape index (κ1) is 14.9. The minimum absolute atomic E-state index is 0.221. The Morgan fingerprint density at radius 3 is 1.70 bits per heavy atom. The minimum Gasteiger partial charge on any atom is -0.394 e. The molecule has 0 spiro atoms. The van der Waals surface area contributed by atoms with Gasteiger partial charge < -0.3 is 8.85 Å². The van der Waals surface area contributed by atoms with E-state index in [4.69, 9.17) is 8.85 Å². The molecule has 0 N–H and O–H groups in total. The molecule has 0 aliphatic rings. The summed E-state index contributed by atoms with van der Waals surface area (Å²) in [6.45, 7) is 2.08. The third kappa shape index (κ3) is 2.82. The number of halogens is 1. The van der Waals surface area contributed by atoms with E-state index in [2.05, 4.69) is 6.92 Å². The molecule has 2 nitrogen and oxygen atoms in total. The maximum Gasteiger partial charge on any atom is 0.371 e. The third-order valence-corrected chi connectivity index (χ3v) is 7.09. The van der Waals surface area contributed by atoms with E-state index >= 15 is 0 Å². The summed E-state index contributed by atoms with van der Waals surface area (Å²) in [5.41, 5.74) is 2.05. The second kappa shape index (κ2) is 6.30. The lowest BCUT2D eigenvalue weighted by molar-refractivity contribution is 0.259. The Morgan fingerprint density at radius 2 is 1.30 bits per heavy atom. The van der Waals surface area contributed by atoms with E-state index in [9.17, 15) is 4.39 Å². The normalized spacial score (nSPS) is 11.6. The number of hydrogen-bond acceptors (Lipinski definition) is 2. The second-order valence-electron chi connectivity index (χ2n) is 4.60. The molecule has 0 atom stereocenters. The molecular formula is C16H19FO2Si. The van der Waals surface area contributed by atoms with Crippen LogP contribution < -0.4 is 5.19 Å². The molecule has 0 unspecified atom stereocenters. The van der Waals surface area contributed by atoms with Crippen LogP contribution in [0.15, 0.2) is 48.5 Å². The Balaban J connectivity index is 2.32. The summed E-state index contributed by atoms with van der Waals surface area (Å²) >= 11 is 0. The van der Waals surface area contributed by atoms with E-state index in [1.807, 2.05) is 24.3 Å². The molecule has 0 radical (unpaired) electrons. The van der Waals surface area contributed by atoms with E-state index in [1.165, 1.54) is 12.1 Å². The third-order valence-electron chi connectivity index (χ3n) is 3.63.